The molecule has 3 aromatic rings. The lowest BCUT2D eigenvalue weighted by Crippen LogP contribution is -2.24. The van der Waals surface area contributed by atoms with Crippen LogP contribution in [0.2, 0.25) is 0 Å². The number of aromatic nitrogens is 3. The Morgan fingerprint density at radius 1 is 1.35 bits per heavy atom. The predicted octanol–water partition coefficient (Wildman–Crippen LogP) is 3.90. The first-order valence-electron chi connectivity index (χ1n) is 8.32. The van der Waals surface area contributed by atoms with Crippen molar-refractivity contribution in [2.45, 2.75) is 44.1 Å². The Kier molecular flexibility index (Phi) is 4.39. The molecule has 26 heavy (non-hydrogen) atoms. The van der Waals surface area contributed by atoms with E-state index >= 15 is 0 Å². The molecule has 1 aliphatic carbocycles. The summed E-state index contributed by atoms with van der Waals surface area (Å²) < 4.78 is 32.5. The SMILES string of the molecule is O=C(NCc1nc(C2CCC(F)(F)CC2)no1)c1ccc2ncsc2c1. The third-order valence-electron chi connectivity index (χ3n) is 4.56. The highest BCUT2D eigenvalue weighted by atomic mass is 32.1. The molecule has 0 aliphatic heterocycles. The molecule has 136 valence electrons. The van der Waals surface area contributed by atoms with Gasteiger partial charge in [0, 0.05) is 24.3 Å². The summed E-state index contributed by atoms with van der Waals surface area (Å²) in [5.74, 6) is -2.25. The van der Waals surface area contributed by atoms with Gasteiger partial charge in [-0.2, -0.15) is 4.98 Å². The van der Waals surface area contributed by atoms with Crippen molar-refractivity contribution in [1.82, 2.24) is 20.4 Å². The fourth-order valence-corrected chi connectivity index (χ4v) is 3.77. The molecular formula is C17H16F2N4O2S. The van der Waals surface area contributed by atoms with Crippen molar-refractivity contribution in [3.05, 3.63) is 41.0 Å². The molecule has 2 heterocycles. The summed E-state index contributed by atoms with van der Waals surface area (Å²) in [4.78, 5) is 20.7. The van der Waals surface area contributed by atoms with Gasteiger partial charge in [-0.05, 0) is 31.0 Å². The van der Waals surface area contributed by atoms with E-state index in [1.54, 1.807) is 23.7 Å². The number of fused-ring (bicyclic) bond motifs is 1. The van der Waals surface area contributed by atoms with Crippen molar-refractivity contribution in [3.8, 4) is 0 Å². The molecule has 1 amide bonds. The fourth-order valence-electron chi connectivity index (χ4n) is 3.06. The molecule has 6 nitrogen and oxygen atoms in total. The number of carbonyl (C=O) groups is 1. The Labute approximate surface area is 151 Å². The smallest absolute Gasteiger partial charge is 0.251 e. The summed E-state index contributed by atoms with van der Waals surface area (Å²) in [5, 5.41) is 6.61. The fraction of sp³-hybridized carbons (Fsp3) is 0.412. The standard InChI is InChI=1S/C17H16F2N4O2S/c18-17(19)5-3-10(4-6-17)15-22-14(25-23-15)8-20-16(24)11-1-2-12-13(7-11)26-9-21-12/h1-2,7,9-10H,3-6,8H2,(H,20,24). The first-order chi connectivity index (χ1) is 12.5. The minimum Gasteiger partial charge on any atom is -0.343 e. The van der Waals surface area contributed by atoms with E-state index in [0.29, 0.717) is 24.2 Å². The quantitative estimate of drug-likeness (QED) is 0.745. The Bertz CT molecular complexity index is 930. The lowest BCUT2D eigenvalue weighted by atomic mass is 9.86. The summed E-state index contributed by atoms with van der Waals surface area (Å²) in [6.07, 6.45) is 0.372. The maximum atomic E-state index is 13.2. The zero-order chi connectivity index (χ0) is 18.1. The van der Waals surface area contributed by atoms with Crippen LogP contribution in [0.15, 0.2) is 28.2 Å². The molecule has 1 aromatic carbocycles. The van der Waals surface area contributed by atoms with E-state index in [4.69, 9.17) is 4.52 Å². The maximum absolute atomic E-state index is 13.2. The highest BCUT2D eigenvalue weighted by Crippen LogP contribution is 2.39. The van der Waals surface area contributed by atoms with Gasteiger partial charge >= 0.3 is 0 Å². The summed E-state index contributed by atoms with van der Waals surface area (Å²) >= 11 is 1.47. The van der Waals surface area contributed by atoms with Gasteiger partial charge < -0.3 is 9.84 Å². The number of nitrogens with one attached hydrogen (secondary N) is 1. The monoisotopic (exact) mass is 378 g/mol. The lowest BCUT2D eigenvalue weighted by Gasteiger charge is -2.26. The van der Waals surface area contributed by atoms with E-state index in [9.17, 15) is 13.6 Å². The van der Waals surface area contributed by atoms with Crippen LogP contribution in [0.1, 0.15) is 53.7 Å². The molecule has 1 fully saturated rings. The molecule has 0 unspecified atom stereocenters. The molecule has 0 spiro atoms. The molecule has 1 saturated carbocycles. The van der Waals surface area contributed by atoms with Crippen molar-refractivity contribution in [3.63, 3.8) is 0 Å². The number of amides is 1. The predicted molar refractivity (Wildman–Crippen MR) is 91.2 cm³/mol. The molecule has 9 heteroatoms. The summed E-state index contributed by atoms with van der Waals surface area (Å²) in [7, 11) is 0. The molecule has 0 saturated heterocycles. The number of alkyl halides is 2. The van der Waals surface area contributed by atoms with Gasteiger partial charge in [0.15, 0.2) is 5.82 Å². The van der Waals surface area contributed by atoms with Gasteiger partial charge in [-0.3, -0.25) is 4.79 Å². The number of halogens is 2. The number of hydrogen-bond donors (Lipinski definition) is 1. The Morgan fingerprint density at radius 2 is 2.15 bits per heavy atom. The normalized spacial score (nSPS) is 17.5. The van der Waals surface area contributed by atoms with Crippen LogP contribution in [0.3, 0.4) is 0 Å². The van der Waals surface area contributed by atoms with Crippen molar-refractivity contribution in [1.29, 1.82) is 0 Å². The van der Waals surface area contributed by atoms with Gasteiger partial charge in [-0.15, -0.1) is 11.3 Å². The van der Waals surface area contributed by atoms with Crippen LogP contribution in [0, 0.1) is 0 Å². The third kappa shape index (κ3) is 3.57. The van der Waals surface area contributed by atoms with Crippen molar-refractivity contribution < 1.29 is 18.1 Å². The van der Waals surface area contributed by atoms with E-state index in [1.807, 2.05) is 0 Å². The van der Waals surface area contributed by atoms with E-state index in [1.165, 1.54) is 11.3 Å². The average molecular weight is 378 g/mol. The highest BCUT2D eigenvalue weighted by molar-refractivity contribution is 7.16. The molecule has 0 atom stereocenters. The minimum atomic E-state index is -2.59. The third-order valence-corrected chi connectivity index (χ3v) is 5.35. The van der Waals surface area contributed by atoms with E-state index in [0.717, 1.165) is 10.2 Å². The second-order valence-corrected chi connectivity index (χ2v) is 7.28. The van der Waals surface area contributed by atoms with Crippen LogP contribution in [-0.4, -0.2) is 27.0 Å². The van der Waals surface area contributed by atoms with Gasteiger partial charge in [0.2, 0.25) is 11.8 Å². The number of carbonyl (C=O) groups excluding carboxylic acids is 1. The van der Waals surface area contributed by atoms with Gasteiger partial charge in [0.05, 0.1) is 22.3 Å². The average Bonchev–Trinajstić information content (AvgIpc) is 3.28. The number of rotatable bonds is 4. The largest absolute Gasteiger partial charge is 0.343 e. The minimum absolute atomic E-state index is 0.0927. The zero-order valence-corrected chi connectivity index (χ0v) is 14.6. The summed E-state index contributed by atoms with van der Waals surface area (Å²) in [5.41, 5.74) is 3.11. The number of hydrogen-bond acceptors (Lipinski definition) is 6. The number of benzene rings is 1. The van der Waals surface area contributed by atoms with Crippen LogP contribution >= 0.6 is 11.3 Å². The van der Waals surface area contributed by atoms with Crippen molar-refractivity contribution in [2.24, 2.45) is 0 Å². The summed E-state index contributed by atoms with van der Waals surface area (Å²) in [6.45, 7) is 0.0927. The lowest BCUT2D eigenvalue weighted by molar-refractivity contribution is -0.0389. The zero-order valence-electron chi connectivity index (χ0n) is 13.7. The Balaban J connectivity index is 1.36. The van der Waals surface area contributed by atoms with Crippen LogP contribution < -0.4 is 5.32 Å². The summed E-state index contributed by atoms with van der Waals surface area (Å²) in [6, 6.07) is 5.28. The second-order valence-electron chi connectivity index (χ2n) is 6.39. The number of thiazole rings is 1. The van der Waals surface area contributed by atoms with Crippen LogP contribution in [-0.2, 0) is 6.54 Å². The van der Waals surface area contributed by atoms with Gasteiger partial charge in [-0.1, -0.05) is 5.16 Å². The van der Waals surface area contributed by atoms with E-state index in [-0.39, 0.29) is 37.1 Å². The molecule has 0 radical (unpaired) electrons. The van der Waals surface area contributed by atoms with Gasteiger partial charge in [0.1, 0.15) is 0 Å². The molecule has 1 aliphatic rings. The molecule has 4 rings (SSSR count). The van der Waals surface area contributed by atoms with Gasteiger partial charge in [-0.25, -0.2) is 13.8 Å². The molecule has 2 aromatic heterocycles. The van der Waals surface area contributed by atoms with Crippen LogP contribution in [0.25, 0.3) is 10.2 Å². The van der Waals surface area contributed by atoms with Crippen molar-refractivity contribution >= 4 is 27.5 Å². The first-order valence-corrected chi connectivity index (χ1v) is 9.20. The molecular weight excluding hydrogens is 362 g/mol. The van der Waals surface area contributed by atoms with Crippen LogP contribution in [0.4, 0.5) is 8.78 Å². The molecule has 1 N–H and O–H groups in total. The van der Waals surface area contributed by atoms with Gasteiger partial charge in [0.25, 0.3) is 5.91 Å². The van der Waals surface area contributed by atoms with Crippen molar-refractivity contribution in [2.75, 3.05) is 0 Å². The Hall–Kier alpha value is -2.42. The molecule has 0 bridgehead atoms. The topological polar surface area (TPSA) is 80.9 Å². The number of nitrogens with zero attached hydrogens (tertiary/aromatic N) is 3. The highest BCUT2D eigenvalue weighted by Gasteiger charge is 2.36. The van der Waals surface area contributed by atoms with Crippen LogP contribution in [0.5, 0.6) is 0 Å². The maximum Gasteiger partial charge on any atom is 0.251 e. The van der Waals surface area contributed by atoms with E-state index in [2.05, 4.69) is 20.4 Å². The second kappa shape index (κ2) is 6.71. The van der Waals surface area contributed by atoms with E-state index < -0.39 is 5.92 Å². The first kappa shape index (κ1) is 17.0. The Morgan fingerprint density at radius 3 is 2.96 bits per heavy atom.